The third-order valence-corrected chi connectivity index (χ3v) is 3.61. The van der Waals surface area contributed by atoms with Gasteiger partial charge in [-0.1, -0.05) is 43.3 Å². The summed E-state index contributed by atoms with van der Waals surface area (Å²) in [7, 11) is 0. The highest BCUT2D eigenvalue weighted by molar-refractivity contribution is 6.35. The highest BCUT2D eigenvalue weighted by Crippen LogP contribution is 2.17. The lowest BCUT2D eigenvalue weighted by Crippen LogP contribution is -2.38. The lowest BCUT2D eigenvalue weighted by molar-refractivity contribution is -0.255. The minimum Gasteiger partial charge on any atom is -0.545 e. The second-order valence-corrected chi connectivity index (χ2v) is 5.77. The predicted molar refractivity (Wildman–Crippen MR) is 101 cm³/mol. The van der Waals surface area contributed by atoms with Gasteiger partial charge in [0.25, 0.3) is 0 Å². The average Bonchev–Trinajstić information content (AvgIpc) is 2.71. The third kappa shape index (κ3) is 6.24. The van der Waals surface area contributed by atoms with Crippen molar-refractivity contribution in [1.82, 2.24) is 10.7 Å². The van der Waals surface area contributed by atoms with Gasteiger partial charge in [-0.2, -0.15) is 5.10 Å². The molecule has 0 aromatic heterocycles. The minimum atomic E-state index is -1.24. The largest absolute Gasteiger partial charge is 0.545 e. The van der Waals surface area contributed by atoms with Crippen LogP contribution >= 0.6 is 0 Å². The summed E-state index contributed by atoms with van der Waals surface area (Å²) < 4.78 is 5.74. The van der Waals surface area contributed by atoms with Gasteiger partial charge < -0.3 is 20.0 Å². The number of aromatic carboxylic acids is 1. The van der Waals surface area contributed by atoms with Gasteiger partial charge in [0, 0.05) is 12.1 Å². The van der Waals surface area contributed by atoms with Crippen molar-refractivity contribution in [2.24, 2.45) is 5.10 Å². The first kappa shape index (κ1) is 20.6. The molecule has 0 unspecified atom stereocenters. The molecule has 0 saturated heterocycles. The molecule has 2 rings (SSSR count). The van der Waals surface area contributed by atoms with E-state index >= 15 is 0 Å². The number of benzene rings is 2. The summed E-state index contributed by atoms with van der Waals surface area (Å²) in [5, 5.41) is 17.0. The van der Waals surface area contributed by atoms with E-state index in [0.717, 1.165) is 12.0 Å². The van der Waals surface area contributed by atoms with E-state index in [0.29, 0.717) is 17.9 Å². The minimum absolute atomic E-state index is 0.0926. The van der Waals surface area contributed by atoms with E-state index in [1.165, 1.54) is 18.3 Å². The molecule has 2 amide bonds. The van der Waals surface area contributed by atoms with Gasteiger partial charge in [-0.05, 0) is 29.7 Å². The molecule has 0 aliphatic rings. The summed E-state index contributed by atoms with van der Waals surface area (Å²) in [5.74, 6) is -2.32. The number of hydrogen-bond donors (Lipinski definition) is 2. The topological polar surface area (TPSA) is 120 Å². The van der Waals surface area contributed by atoms with Crippen LogP contribution in [0.15, 0.2) is 53.6 Å². The number of carbonyl (C=O) groups excluding carboxylic acids is 3. The maximum absolute atomic E-state index is 11.6. The monoisotopic (exact) mass is 382 g/mol. The first-order chi connectivity index (χ1) is 13.5. The molecular formula is C20H20N3O5-. The number of nitrogens with one attached hydrogen (secondary N) is 2. The van der Waals surface area contributed by atoms with Crippen molar-refractivity contribution in [2.45, 2.75) is 20.0 Å². The van der Waals surface area contributed by atoms with Crippen LogP contribution in [0, 0.1) is 0 Å². The fraction of sp³-hybridized carbons (Fsp3) is 0.200. The van der Waals surface area contributed by atoms with Crippen molar-refractivity contribution < 1.29 is 24.2 Å². The molecule has 0 spiro atoms. The van der Waals surface area contributed by atoms with E-state index < -0.39 is 17.8 Å². The van der Waals surface area contributed by atoms with Crippen molar-refractivity contribution in [3.05, 3.63) is 65.2 Å². The highest BCUT2D eigenvalue weighted by atomic mass is 16.5. The molecule has 0 fully saturated rings. The number of carboxylic acids is 1. The molecule has 0 atom stereocenters. The van der Waals surface area contributed by atoms with Crippen LogP contribution in [0.2, 0.25) is 0 Å². The van der Waals surface area contributed by atoms with Crippen LogP contribution in [0.5, 0.6) is 5.75 Å². The molecule has 2 N–H and O–H groups in total. The second kappa shape index (κ2) is 10.5. The zero-order valence-corrected chi connectivity index (χ0v) is 15.3. The molecule has 2 aromatic rings. The maximum atomic E-state index is 11.6. The number of hydrazone groups is 1. The standard InChI is InChI=1S/C20H21N3O5/c1-2-11-21-18(24)19(25)23-22-12-16-5-3-4-6-17(16)28-13-14-7-9-15(10-8-14)20(26)27/h3-10,12H,2,11,13H2,1H3,(H,21,24)(H,23,25)(H,26,27)/p-1/b22-12-. The van der Waals surface area contributed by atoms with E-state index in [4.69, 9.17) is 4.74 Å². The predicted octanol–water partition coefficient (Wildman–Crippen LogP) is 0.605. The van der Waals surface area contributed by atoms with E-state index in [1.807, 2.05) is 6.92 Å². The molecule has 0 radical (unpaired) electrons. The Morgan fingerprint density at radius 3 is 2.46 bits per heavy atom. The smallest absolute Gasteiger partial charge is 0.329 e. The molecule has 8 heteroatoms. The molecule has 0 heterocycles. The lowest BCUT2D eigenvalue weighted by Gasteiger charge is -2.10. The lowest BCUT2D eigenvalue weighted by atomic mass is 10.1. The summed E-state index contributed by atoms with van der Waals surface area (Å²) >= 11 is 0. The SMILES string of the molecule is CCCNC(=O)C(=O)N/N=C\c1ccccc1OCc1ccc(C(=O)[O-])cc1. The van der Waals surface area contributed by atoms with Gasteiger partial charge in [0.05, 0.1) is 12.2 Å². The van der Waals surface area contributed by atoms with Crippen molar-refractivity contribution in [3.63, 3.8) is 0 Å². The normalized spacial score (nSPS) is 10.5. The molecule has 0 bridgehead atoms. The Morgan fingerprint density at radius 1 is 1.07 bits per heavy atom. The number of carboxylic acid groups (broad SMARTS) is 1. The number of nitrogens with zero attached hydrogens (tertiary/aromatic N) is 1. The summed E-state index contributed by atoms with van der Waals surface area (Å²) in [6.45, 7) is 2.51. The van der Waals surface area contributed by atoms with Crippen LogP contribution in [0.3, 0.4) is 0 Å². The summed E-state index contributed by atoms with van der Waals surface area (Å²) in [6.07, 6.45) is 2.10. The first-order valence-electron chi connectivity index (χ1n) is 8.64. The third-order valence-electron chi connectivity index (χ3n) is 3.61. The molecule has 28 heavy (non-hydrogen) atoms. The van der Waals surface area contributed by atoms with Crippen molar-refractivity contribution in [1.29, 1.82) is 0 Å². The second-order valence-electron chi connectivity index (χ2n) is 5.77. The van der Waals surface area contributed by atoms with Crippen molar-refractivity contribution >= 4 is 24.0 Å². The number of carbonyl (C=O) groups is 3. The zero-order chi connectivity index (χ0) is 20.4. The summed E-state index contributed by atoms with van der Waals surface area (Å²) in [6, 6.07) is 13.2. The number of ether oxygens (including phenoxy) is 1. The van der Waals surface area contributed by atoms with Crippen LogP contribution in [0.25, 0.3) is 0 Å². The summed E-state index contributed by atoms with van der Waals surface area (Å²) in [4.78, 5) is 33.8. The van der Waals surface area contributed by atoms with E-state index in [9.17, 15) is 19.5 Å². The molecule has 8 nitrogen and oxygen atoms in total. The van der Waals surface area contributed by atoms with Crippen molar-refractivity contribution in [3.8, 4) is 5.75 Å². The van der Waals surface area contributed by atoms with Crippen LogP contribution in [0.1, 0.15) is 34.8 Å². The molecule has 0 aliphatic heterocycles. The van der Waals surface area contributed by atoms with Gasteiger partial charge in [-0.25, -0.2) is 5.43 Å². The van der Waals surface area contributed by atoms with E-state index in [-0.39, 0.29) is 12.2 Å². The van der Waals surface area contributed by atoms with Crippen LogP contribution in [-0.4, -0.2) is 30.5 Å². The highest BCUT2D eigenvalue weighted by Gasteiger charge is 2.11. The summed E-state index contributed by atoms with van der Waals surface area (Å²) in [5.41, 5.74) is 3.63. The fourth-order valence-corrected chi connectivity index (χ4v) is 2.15. The molecular weight excluding hydrogens is 362 g/mol. The Balaban J connectivity index is 1.95. The van der Waals surface area contributed by atoms with Gasteiger partial charge in [0.1, 0.15) is 12.4 Å². The Bertz CT molecular complexity index is 862. The van der Waals surface area contributed by atoms with Gasteiger partial charge in [0.15, 0.2) is 0 Å². The number of para-hydroxylation sites is 1. The molecule has 146 valence electrons. The molecule has 0 saturated carbocycles. The first-order valence-corrected chi connectivity index (χ1v) is 8.64. The van der Waals surface area contributed by atoms with Gasteiger partial charge in [0.2, 0.25) is 0 Å². The molecule has 0 aliphatic carbocycles. The number of amides is 2. The van der Waals surface area contributed by atoms with Crippen molar-refractivity contribution in [2.75, 3.05) is 6.54 Å². The Morgan fingerprint density at radius 2 is 1.79 bits per heavy atom. The Hall–Kier alpha value is -3.68. The van der Waals surface area contributed by atoms with Gasteiger partial charge in [-0.3, -0.25) is 9.59 Å². The quantitative estimate of drug-likeness (QED) is 0.394. The van der Waals surface area contributed by atoms with E-state index in [2.05, 4.69) is 15.8 Å². The fourth-order valence-electron chi connectivity index (χ4n) is 2.15. The van der Waals surface area contributed by atoms with E-state index in [1.54, 1.807) is 36.4 Å². The Labute approximate surface area is 162 Å². The van der Waals surface area contributed by atoms with Gasteiger partial charge >= 0.3 is 11.8 Å². The molecule has 2 aromatic carbocycles. The zero-order valence-electron chi connectivity index (χ0n) is 15.3. The van der Waals surface area contributed by atoms with Gasteiger partial charge in [-0.15, -0.1) is 0 Å². The van der Waals surface area contributed by atoms with Crippen LogP contribution < -0.4 is 20.6 Å². The van der Waals surface area contributed by atoms with Crippen LogP contribution in [0.4, 0.5) is 0 Å². The Kier molecular flexibility index (Phi) is 7.71. The number of hydrogen-bond acceptors (Lipinski definition) is 6. The average molecular weight is 382 g/mol. The maximum Gasteiger partial charge on any atom is 0.329 e. The van der Waals surface area contributed by atoms with Crippen LogP contribution in [-0.2, 0) is 16.2 Å². The number of rotatable bonds is 8.